The smallest absolute Gasteiger partial charge is 0.305 e. The Kier molecular flexibility index (Phi) is 28.0. The fourth-order valence-electron chi connectivity index (χ4n) is 4.49. The summed E-state index contributed by atoms with van der Waals surface area (Å²) in [6.45, 7) is 5.14. The Morgan fingerprint density at radius 2 is 0.688 bits per heavy atom. The van der Waals surface area contributed by atoms with Gasteiger partial charge in [-0.05, 0) is 12.8 Å². The van der Waals surface area contributed by atoms with E-state index in [0.717, 1.165) is 12.8 Å². The Bertz CT molecular complexity index is 353. The van der Waals surface area contributed by atoms with E-state index < -0.39 is 0 Å². The summed E-state index contributed by atoms with van der Waals surface area (Å²) in [5.74, 6) is 0.0132. The number of esters is 1. The lowest BCUT2D eigenvalue weighted by Crippen LogP contribution is -2.05. The van der Waals surface area contributed by atoms with Crippen molar-refractivity contribution in [3.63, 3.8) is 0 Å². The maximum absolute atomic E-state index is 11.7. The van der Waals surface area contributed by atoms with E-state index >= 15 is 0 Å². The second-order valence-corrected chi connectivity index (χ2v) is 10.1. The summed E-state index contributed by atoms with van der Waals surface area (Å²) in [6, 6.07) is 0. The third kappa shape index (κ3) is 27.5. The van der Waals surface area contributed by atoms with Crippen LogP contribution in [0.2, 0.25) is 0 Å². The minimum Gasteiger partial charge on any atom is -0.466 e. The van der Waals surface area contributed by atoms with E-state index in [1.54, 1.807) is 0 Å². The molecule has 32 heavy (non-hydrogen) atoms. The quantitative estimate of drug-likeness (QED) is 0.0914. The summed E-state index contributed by atoms with van der Waals surface area (Å²) in [6.07, 6.45) is 34.5. The molecule has 0 aromatic rings. The van der Waals surface area contributed by atoms with Crippen LogP contribution >= 0.6 is 0 Å². The SMILES string of the molecule is CCCCCCCCCCCCCCCCCCCCCCOC(=O)CCCCCCC. The Hall–Kier alpha value is -0.530. The lowest BCUT2D eigenvalue weighted by Gasteiger charge is -2.05. The van der Waals surface area contributed by atoms with Gasteiger partial charge in [-0.1, -0.05) is 162 Å². The van der Waals surface area contributed by atoms with Gasteiger partial charge in [0, 0.05) is 6.42 Å². The van der Waals surface area contributed by atoms with Gasteiger partial charge in [-0.25, -0.2) is 0 Å². The normalized spacial score (nSPS) is 11.2. The average Bonchev–Trinajstić information content (AvgIpc) is 2.80. The van der Waals surface area contributed by atoms with E-state index in [1.165, 1.54) is 148 Å². The highest BCUT2D eigenvalue weighted by Gasteiger charge is 2.02. The van der Waals surface area contributed by atoms with Crippen LogP contribution in [0.4, 0.5) is 0 Å². The van der Waals surface area contributed by atoms with Crippen LogP contribution in [0.25, 0.3) is 0 Å². The molecule has 0 rings (SSSR count). The second-order valence-electron chi connectivity index (χ2n) is 10.1. The largest absolute Gasteiger partial charge is 0.466 e. The lowest BCUT2D eigenvalue weighted by atomic mass is 10.0. The molecule has 0 fully saturated rings. The number of carbonyl (C=O) groups excluding carboxylic acids is 1. The van der Waals surface area contributed by atoms with Crippen molar-refractivity contribution in [2.75, 3.05) is 6.61 Å². The highest BCUT2D eigenvalue weighted by atomic mass is 16.5. The van der Waals surface area contributed by atoms with Gasteiger partial charge in [0.2, 0.25) is 0 Å². The Labute approximate surface area is 203 Å². The van der Waals surface area contributed by atoms with Gasteiger partial charge in [0.1, 0.15) is 0 Å². The topological polar surface area (TPSA) is 26.3 Å². The molecule has 0 aromatic heterocycles. The van der Waals surface area contributed by atoms with Gasteiger partial charge in [0.05, 0.1) is 6.61 Å². The van der Waals surface area contributed by atoms with Crippen LogP contribution in [0.15, 0.2) is 0 Å². The molecule has 2 nitrogen and oxygen atoms in total. The molecule has 0 aromatic carbocycles. The van der Waals surface area contributed by atoms with Gasteiger partial charge in [-0.2, -0.15) is 0 Å². The van der Waals surface area contributed by atoms with Crippen molar-refractivity contribution in [2.45, 2.75) is 181 Å². The van der Waals surface area contributed by atoms with E-state index in [-0.39, 0.29) is 5.97 Å². The Morgan fingerprint density at radius 1 is 0.406 bits per heavy atom. The van der Waals surface area contributed by atoms with Gasteiger partial charge in [-0.3, -0.25) is 4.79 Å². The van der Waals surface area contributed by atoms with Crippen LogP contribution in [0.3, 0.4) is 0 Å². The molecular formula is C30H60O2. The summed E-state index contributed by atoms with van der Waals surface area (Å²) >= 11 is 0. The molecule has 0 unspecified atom stereocenters. The minimum atomic E-state index is 0.0132. The van der Waals surface area contributed by atoms with E-state index in [1.807, 2.05) is 0 Å². The van der Waals surface area contributed by atoms with Crippen LogP contribution < -0.4 is 0 Å². The molecule has 192 valence electrons. The van der Waals surface area contributed by atoms with Crippen molar-refractivity contribution in [1.29, 1.82) is 0 Å². The van der Waals surface area contributed by atoms with Crippen molar-refractivity contribution in [3.8, 4) is 0 Å². The van der Waals surface area contributed by atoms with E-state index in [4.69, 9.17) is 4.74 Å². The van der Waals surface area contributed by atoms with E-state index in [9.17, 15) is 4.79 Å². The first-order valence-corrected chi connectivity index (χ1v) is 15.0. The number of hydrogen-bond acceptors (Lipinski definition) is 2. The van der Waals surface area contributed by atoms with E-state index in [2.05, 4.69) is 13.8 Å². The maximum atomic E-state index is 11.7. The van der Waals surface area contributed by atoms with E-state index in [0.29, 0.717) is 13.0 Å². The Morgan fingerprint density at radius 3 is 1.03 bits per heavy atom. The summed E-state index contributed by atoms with van der Waals surface area (Å²) in [7, 11) is 0. The van der Waals surface area contributed by atoms with Gasteiger partial charge >= 0.3 is 5.97 Å². The highest BCUT2D eigenvalue weighted by molar-refractivity contribution is 5.69. The van der Waals surface area contributed by atoms with Crippen molar-refractivity contribution < 1.29 is 9.53 Å². The third-order valence-electron chi connectivity index (χ3n) is 6.75. The molecular weight excluding hydrogens is 392 g/mol. The van der Waals surface area contributed by atoms with Crippen molar-refractivity contribution in [2.24, 2.45) is 0 Å². The summed E-state index contributed by atoms with van der Waals surface area (Å²) < 4.78 is 5.35. The van der Waals surface area contributed by atoms with Crippen molar-refractivity contribution in [3.05, 3.63) is 0 Å². The standard InChI is InChI=1S/C30H60O2/c1-3-5-7-9-10-11-12-13-14-15-16-17-18-19-20-21-22-23-25-27-29-32-30(31)28-26-24-8-6-4-2/h3-29H2,1-2H3. The molecule has 0 aliphatic rings. The highest BCUT2D eigenvalue weighted by Crippen LogP contribution is 2.15. The van der Waals surface area contributed by atoms with Gasteiger partial charge in [-0.15, -0.1) is 0 Å². The molecule has 0 amide bonds. The average molecular weight is 453 g/mol. The third-order valence-corrected chi connectivity index (χ3v) is 6.75. The molecule has 0 saturated heterocycles. The van der Waals surface area contributed by atoms with Gasteiger partial charge < -0.3 is 4.74 Å². The molecule has 0 radical (unpaired) electrons. The number of rotatable bonds is 27. The Balaban J connectivity index is 3.08. The first-order valence-electron chi connectivity index (χ1n) is 15.0. The minimum absolute atomic E-state index is 0.0132. The van der Waals surface area contributed by atoms with Crippen LogP contribution in [0, 0.1) is 0 Å². The molecule has 0 spiro atoms. The molecule has 0 bridgehead atoms. The van der Waals surface area contributed by atoms with Crippen LogP contribution in [-0.4, -0.2) is 12.6 Å². The van der Waals surface area contributed by atoms with Gasteiger partial charge in [0.25, 0.3) is 0 Å². The predicted molar refractivity (Wildman–Crippen MR) is 142 cm³/mol. The van der Waals surface area contributed by atoms with Gasteiger partial charge in [0.15, 0.2) is 0 Å². The summed E-state index contributed by atoms with van der Waals surface area (Å²) in [5.41, 5.74) is 0. The predicted octanol–water partition coefficient (Wildman–Crippen LogP) is 10.7. The van der Waals surface area contributed by atoms with Crippen LogP contribution in [0.1, 0.15) is 181 Å². The molecule has 0 atom stereocenters. The zero-order valence-corrected chi connectivity index (χ0v) is 22.4. The first-order chi connectivity index (χ1) is 15.8. The summed E-state index contributed by atoms with van der Waals surface area (Å²) in [5, 5.41) is 0. The van der Waals surface area contributed by atoms with Crippen LogP contribution in [0.5, 0.6) is 0 Å². The zero-order valence-electron chi connectivity index (χ0n) is 22.4. The summed E-state index contributed by atoms with van der Waals surface area (Å²) in [4.78, 5) is 11.7. The number of unbranched alkanes of at least 4 members (excludes halogenated alkanes) is 23. The van der Waals surface area contributed by atoms with Crippen molar-refractivity contribution >= 4 is 5.97 Å². The number of ether oxygens (including phenoxy) is 1. The first kappa shape index (κ1) is 31.5. The fraction of sp³-hybridized carbons (Fsp3) is 0.967. The number of carbonyl (C=O) groups is 1. The molecule has 2 heteroatoms. The number of hydrogen-bond donors (Lipinski definition) is 0. The zero-order chi connectivity index (χ0) is 23.4. The maximum Gasteiger partial charge on any atom is 0.305 e. The monoisotopic (exact) mass is 452 g/mol. The molecule has 0 saturated carbocycles. The lowest BCUT2D eigenvalue weighted by molar-refractivity contribution is -0.143. The van der Waals surface area contributed by atoms with Crippen LogP contribution in [-0.2, 0) is 9.53 Å². The molecule has 0 aliphatic heterocycles. The van der Waals surface area contributed by atoms with Crippen molar-refractivity contribution in [1.82, 2.24) is 0 Å². The fourth-order valence-corrected chi connectivity index (χ4v) is 4.49. The molecule has 0 N–H and O–H groups in total. The molecule has 0 aliphatic carbocycles. The second kappa shape index (κ2) is 28.5. The molecule has 0 heterocycles.